The molecule has 2 N–H and O–H groups in total. The molecule has 32 heavy (non-hydrogen) atoms. The van der Waals surface area contributed by atoms with E-state index in [0.29, 0.717) is 28.0 Å². The van der Waals surface area contributed by atoms with Gasteiger partial charge in [0, 0.05) is 31.1 Å². The molecule has 1 saturated carbocycles. The molecule has 1 amide bonds. The number of carbonyl (C=O) groups is 1. The summed E-state index contributed by atoms with van der Waals surface area (Å²) in [6, 6.07) is 2.19. The number of halogens is 1. The van der Waals surface area contributed by atoms with Gasteiger partial charge < -0.3 is 15.4 Å². The zero-order chi connectivity index (χ0) is 22.7. The lowest BCUT2D eigenvalue weighted by atomic mass is 9.92. The van der Waals surface area contributed by atoms with Crippen molar-refractivity contribution in [2.75, 3.05) is 11.9 Å². The molecule has 1 aliphatic rings. The van der Waals surface area contributed by atoms with Crippen LogP contribution in [0.5, 0.6) is 0 Å². The van der Waals surface area contributed by atoms with Crippen LogP contribution in [0.3, 0.4) is 0 Å². The zero-order valence-electron chi connectivity index (χ0n) is 18.6. The Kier molecular flexibility index (Phi) is 6.91. The lowest BCUT2D eigenvalue weighted by Crippen LogP contribution is -2.39. The van der Waals surface area contributed by atoms with E-state index >= 15 is 0 Å². The summed E-state index contributed by atoms with van der Waals surface area (Å²) < 4.78 is 7.34. The number of amides is 1. The first-order valence-electron chi connectivity index (χ1n) is 11.1. The van der Waals surface area contributed by atoms with Gasteiger partial charge in [0.15, 0.2) is 5.65 Å². The predicted molar refractivity (Wildman–Crippen MR) is 125 cm³/mol. The van der Waals surface area contributed by atoms with Crippen LogP contribution in [0.25, 0.3) is 16.9 Å². The number of hydrogen-bond acceptors (Lipinski definition) is 6. The van der Waals surface area contributed by atoms with Crippen molar-refractivity contribution in [3.05, 3.63) is 41.4 Å². The van der Waals surface area contributed by atoms with E-state index in [1.54, 1.807) is 29.3 Å². The highest BCUT2D eigenvalue weighted by Crippen LogP contribution is 2.28. The molecule has 4 rings (SSSR count). The van der Waals surface area contributed by atoms with E-state index in [2.05, 4.69) is 25.7 Å². The Morgan fingerprint density at radius 1 is 1.22 bits per heavy atom. The monoisotopic (exact) mass is 456 g/mol. The van der Waals surface area contributed by atoms with E-state index in [9.17, 15) is 4.79 Å². The lowest BCUT2D eigenvalue weighted by Gasteiger charge is -2.29. The van der Waals surface area contributed by atoms with Crippen LogP contribution in [0.2, 0.25) is 5.02 Å². The van der Waals surface area contributed by atoms with Crippen molar-refractivity contribution in [3.8, 4) is 11.3 Å². The molecule has 0 atom stereocenters. The lowest BCUT2D eigenvalue weighted by molar-refractivity contribution is 0.0300. The molecule has 3 aromatic rings. The van der Waals surface area contributed by atoms with Crippen LogP contribution in [-0.4, -0.2) is 50.3 Å². The van der Waals surface area contributed by atoms with Crippen molar-refractivity contribution in [3.63, 3.8) is 0 Å². The van der Waals surface area contributed by atoms with E-state index in [4.69, 9.17) is 16.3 Å². The number of rotatable bonds is 7. The summed E-state index contributed by atoms with van der Waals surface area (Å²) in [7, 11) is 0. The average Bonchev–Trinajstić information content (AvgIpc) is 3.18. The Morgan fingerprint density at radius 2 is 2.00 bits per heavy atom. The topological polar surface area (TPSA) is 93.4 Å². The SMILES string of the molecule is CCO[C@H]1CC[C@H](NC(=O)c2cnc(-c3cnn4cc(Cl)cnc34)cc2NC(C)C)CC1. The first kappa shape index (κ1) is 22.5. The second-order valence-electron chi connectivity index (χ2n) is 8.42. The van der Waals surface area contributed by atoms with Gasteiger partial charge in [-0.05, 0) is 52.5 Å². The van der Waals surface area contributed by atoms with E-state index in [-0.39, 0.29) is 18.0 Å². The first-order chi connectivity index (χ1) is 15.4. The molecule has 0 aromatic carbocycles. The third-order valence-corrected chi connectivity index (χ3v) is 5.80. The van der Waals surface area contributed by atoms with Crippen molar-refractivity contribution in [2.45, 2.75) is 64.6 Å². The molecule has 3 aromatic heterocycles. The Balaban J connectivity index is 1.56. The normalized spacial score (nSPS) is 18.8. The molecule has 0 radical (unpaired) electrons. The molecule has 9 heteroatoms. The third kappa shape index (κ3) is 5.02. The average molecular weight is 457 g/mol. The highest BCUT2D eigenvalue weighted by Gasteiger charge is 2.24. The molecule has 0 spiro atoms. The molecule has 170 valence electrons. The van der Waals surface area contributed by atoms with Crippen molar-refractivity contribution in [1.82, 2.24) is 24.9 Å². The standard InChI is InChI=1S/C23H29ClN6O2/c1-4-32-17-7-5-16(6-8-17)29-23(31)19-11-25-20(9-21(19)28-14(2)3)18-12-27-30-13-15(24)10-26-22(18)30/h9-14,16-17H,4-8H2,1-3H3,(H,25,28)(H,29,31)/t16-,17-. The quantitative estimate of drug-likeness (QED) is 0.549. The Morgan fingerprint density at radius 3 is 2.72 bits per heavy atom. The van der Waals surface area contributed by atoms with Crippen LogP contribution in [0.4, 0.5) is 5.69 Å². The maximum atomic E-state index is 13.1. The maximum absolute atomic E-state index is 13.1. The van der Waals surface area contributed by atoms with Crippen LogP contribution in [0.1, 0.15) is 56.8 Å². The number of ether oxygens (including phenoxy) is 1. The minimum atomic E-state index is -0.114. The largest absolute Gasteiger partial charge is 0.382 e. The molecule has 1 fully saturated rings. The van der Waals surface area contributed by atoms with Gasteiger partial charge in [-0.3, -0.25) is 9.78 Å². The van der Waals surface area contributed by atoms with Gasteiger partial charge in [-0.25, -0.2) is 9.50 Å². The number of pyridine rings is 1. The van der Waals surface area contributed by atoms with Gasteiger partial charge in [0.05, 0.1) is 46.0 Å². The van der Waals surface area contributed by atoms with Crippen LogP contribution >= 0.6 is 11.6 Å². The van der Waals surface area contributed by atoms with Crippen molar-refractivity contribution >= 4 is 28.8 Å². The van der Waals surface area contributed by atoms with Gasteiger partial charge in [0.1, 0.15) is 0 Å². The van der Waals surface area contributed by atoms with Gasteiger partial charge in [0.25, 0.3) is 5.91 Å². The molecule has 3 heterocycles. The molecule has 0 aliphatic heterocycles. The zero-order valence-corrected chi connectivity index (χ0v) is 19.4. The van der Waals surface area contributed by atoms with Crippen LogP contribution in [0.15, 0.2) is 30.9 Å². The van der Waals surface area contributed by atoms with E-state index < -0.39 is 0 Å². The number of hydrogen-bond donors (Lipinski definition) is 2. The second kappa shape index (κ2) is 9.83. The summed E-state index contributed by atoms with van der Waals surface area (Å²) in [4.78, 5) is 22.0. The fraction of sp³-hybridized carbons (Fsp3) is 0.478. The number of carbonyl (C=O) groups excluding carboxylic acids is 1. The van der Waals surface area contributed by atoms with Gasteiger partial charge in [-0.15, -0.1) is 0 Å². The highest BCUT2D eigenvalue weighted by atomic mass is 35.5. The number of nitrogens with one attached hydrogen (secondary N) is 2. The molecule has 1 aliphatic carbocycles. The van der Waals surface area contributed by atoms with E-state index in [1.165, 1.54) is 0 Å². The minimum absolute atomic E-state index is 0.114. The summed E-state index contributed by atoms with van der Waals surface area (Å²) in [6.45, 7) is 6.83. The number of fused-ring (bicyclic) bond motifs is 1. The second-order valence-corrected chi connectivity index (χ2v) is 8.85. The molecular weight excluding hydrogens is 428 g/mol. The summed E-state index contributed by atoms with van der Waals surface area (Å²) in [5, 5.41) is 11.4. The summed E-state index contributed by atoms with van der Waals surface area (Å²) in [5.41, 5.74) is 3.38. The Labute approximate surface area is 192 Å². The molecule has 0 unspecified atom stereocenters. The summed E-state index contributed by atoms with van der Waals surface area (Å²) in [5.74, 6) is -0.114. The van der Waals surface area contributed by atoms with Gasteiger partial charge in [0.2, 0.25) is 0 Å². The highest BCUT2D eigenvalue weighted by molar-refractivity contribution is 6.30. The fourth-order valence-electron chi connectivity index (χ4n) is 4.12. The van der Waals surface area contributed by atoms with Crippen LogP contribution < -0.4 is 10.6 Å². The van der Waals surface area contributed by atoms with Crippen LogP contribution in [-0.2, 0) is 4.74 Å². The minimum Gasteiger partial charge on any atom is -0.382 e. The Bertz CT molecular complexity index is 1090. The number of aromatic nitrogens is 4. The first-order valence-corrected chi connectivity index (χ1v) is 11.5. The van der Waals surface area contributed by atoms with Gasteiger partial charge in [-0.2, -0.15) is 5.10 Å². The van der Waals surface area contributed by atoms with E-state index in [0.717, 1.165) is 43.5 Å². The Hall–Kier alpha value is -2.71. The summed E-state index contributed by atoms with van der Waals surface area (Å²) in [6.07, 6.45) is 10.7. The molecule has 0 saturated heterocycles. The molecule has 0 bridgehead atoms. The summed E-state index contributed by atoms with van der Waals surface area (Å²) >= 11 is 6.02. The smallest absolute Gasteiger partial charge is 0.255 e. The maximum Gasteiger partial charge on any atom is 0.255 e. The van der Waals surface area contributed by atoms with Crippen molar-refractivity contribution < 1.29 is 9.53 Å². The predicted octanol–water partition coefficient (Wildman–Crippen LogP) is 4.34. The fourth-order valence-corrected chi connectivity index (χ4v) is 4.26. The van der Waals surface area contributed by atoms with Gasteiger partial charge in [-0.1, -0.05) is 11.6 Å². The molecule has 8 nitrogen and oxygen atoms in total. The van der Waals surface area contributed by atoms with E-state index in [1.807, 2.05) is 26.8 Å². The number of anilines is 1. The number of nitrogens with zero attached hydrogens (tertiary/aromatic N) is 4. The van der Waals surface area contributed by atoms with Gasteiger partial charge >= 0.3 is 0 Å². The third-order valence-electron chi connectivity index (χ3n) is 5.61. The van der Waals surface area contributed by atoms with Crippen molar-refractivity contribution in [1.29, 1.82) is 0 Å². The van der Waals surface area contributed by atoms with Crippen molar-refractivity contribution in [2.24, 2.45) is 0 Å². The van der Waals surface area contributed by atoms with Crippen LogP contribution in [0, 0.1) is 0 Å². The molecular formula is C23H29ClN6O2.